The van der Waals surface area contributed by atoms with Gasteiger partial charge in [0.1, 0.15) is 0 Å². The number of esters is 1. The SMILES string of the molecule is CC(=O)[C@@H](NC(=O)[C@@](O)(CC(=O)O)CC(=O)OC(C)C)C(C)C. The van der Waals surface area contributed by atoms with E-state index in [0.717, 1.165) is 0 Å². The number of carbonyl (C=O) groups excluding carboxylic acids is 3. The largest absolute Gasteiger partial charge is 0.481 e. The summed E-state index contributed by atoms with van der Waals surface area (Å²) >= 11 is 0. The first kappa shape index (κ1) is 21.0. The number of ketones is 1. The highest BCUT2D eigenvalue weighted by atomic mass is 16.5. The molecule has 0 aliphatic heterocycles. The van der Waals surface area contributed by atoms with E-state index in [4.69, 9.17) is 9.84 Å². The highest BCUT2D eigenvalue weighted by Gasteiger charge is 2.42. The molecule has 0 spiro atoms. The Bertz CT molecular complexity index is 472. The smallest absolute Gasteiger partial charge is 0.309 e. The molecule has 0 aliphatic rings. The molecule has 0 aromatic rings. The summed E-state index contributed by atoms with van der Waals surface area (Å²) in [5, 5.41) is 21.5. The third-order valence-electron chi connectivity index (χ3n) is 3.06. The molecule has 8 nitrogen and oxygen atoms in total. The van der Waals surface area contributed by atoms with Crippen molar-refractivity contribution in [3.63, 3.8) is 0 Å². The average molecular weight is 331 g/mol. The third-order valence-corrected chi connectivity index (χ3v) is 3.06. The quantitative estimate of drug-likeness (QED) is 0.517. The van der Waals surface area contributed by atoms with Crippen LogP contribution < -0.4 is 5.32 Å². The lowest BCUT2D eigenvalue weighted by Crippen LogP contribution is -2.55. The number of amides is 1. The molecule has 132 valence electrons. The molecule has 0 saturated heterocycles. The summed E-state index contributed by atoms with van der Waals surface area (Å²) in [5.74, 6) is -4.04. The molecule has 2 atom stereocenters. The van der Waals surface area contributed by atoms with Crippen LogP contribution in [-0.4, -0.2) is 51.6 Å². The molecular weight excluding hydrogens is 306 g/mol. The van der Waals surface area contributed by atoms with Gasteiger partial charge in [-0.3, -0.25) is 19.2 Å². The molecule has 0 heterocycles. The van der Waals surface area contributed by atoms with Gasteiger partial charge in [0.15, 0.2) is 11.4 Å². The van der Waals surface area contributed by atoms with Crippen molar-refractivity contribution in [3.8, 4) is 0 Å². The number of hydrogen-bond donors (Lipinski definition) is 3. The third kappa shape index (κ3) is 7.23. The molecule has 0 aromatic heterocycles. The van der Waals surface area contributed by atoms with E-state index in [1.165, 1.54) is 6.92 Å². The Balaban J connectivity index is 5.27. The topological polar surface area (TPSA) is 130 Å². The van der Waals surface area contributed by atoms with E-state index >= 15 is 0 Å². The highest BCUT2D eigenvalue weighted by Crippen LogP contribution is 2.19. The molecular formula is C15H25NO7. The number of aliphatic hydroxyl groups is 1. The molecule has 0 radical (unpaired) electrons. The summed E-state index contributed by atoms with van der Waals surface area (Å²) in [6, 6.07) is -0.885. The van der Waals surface area contributed by atoms with E-state index in [1.54, 1.807) is 27.7 Å². The van der Waals surface area contributed by atoms with E-state index in [-0.39, 0.29) is 11.7 Å². The summed E-state index contributed by atoms with van der Waals surface area (Å²) in [5.41, 5.74) is -2.49. The van der Waals surface area contributed by atoms with Gasteiger partial charge in [0.2, 0.25) is 0 Å². The second kappa shape index (κ2) is 8.61. The Labute approximate surface area is 135 Å². The van der Waals surface area contributed by atoms with Gasteiger partial charge in [0.25, 0.3) is 5.91 Å². The first-order valence-corrected chi connectivity index (χ1v) is 7.34. The van der Waals surface area contributed by atoms with E-state index in [1.807, 2.05) is 0 Å². The Kier molecular flexibility index (Phi) is 7.88. The maximum atomic E-state index is 12.3. The predicted octanol–water partition coefficient (Wildman–Crippen LogP) is 0.264. The Morgan fingerprint density at radius 1 is 1.09 bits per heavy atom. The van der Waals surface area contributed by atoms with E-state index < -0.39 is 48.4 Å². The van der Waals surface area contributed by atoms with Gasteiger partial charge >= 0.3 is 11.9 Å². The monoisotopic (exact) mass is 331 g/mol. The number of aliphatic carboxylic acids is 1. The zero-order valence-electron chi connectivity index (χ0n) is 14.1. The van der Waals surface area contributed by atoms with Crippen molar-refractivity contribution in [2.75, 3.05) is 0 Å². The first-order valence-electron chi connectivity index (χ1n) is 7.34. The van der Waals surface area contributed by atoms with E-state index in [2.05, 4.69) is 5.32 Å². The standard InChI is InChI=1S/C15H25NO7/c1-8(2)13(10(5)17)16-14(21)15(22,6-11(18)19)7-12(20)23-9(3)4/h8-9,13,22H,6-7H2,1-5H3,(H,16,21)(H,18,19)/t13-,15+/m0/s1. The maximum Gasteiger partial charge on any atom is 0.309 e. The van der Waals surface area contributed by atoms with E-state index in [0.29, 0.717) is 0 Å². The van der Waals surface area contributed by atoms with Crippen LogP contribution in [0.1, 0.15) is 47.5 Å². The van der Waals surface area contributed by atoms with Crippen LogP contribution in [0.3, 0.4) is 0 Å². The molecule has 0 rings (SSSR count). The van der Waals surface area contributed by atoms with Crippen LogP contribution >= 0.6 is 0 Å². The molecule has 0 bridgehead atoms. The molecule has 0 fully saturated rings. The Morgan fingerprint density at radius 2 is 1.61 bits per heavy atom. The summed E-state index contributed by atoms with van der Waals surface area (Å²) in [6.07, 6.45) is -2.26. The maximum absolute atomic E-state index is 12.3. The minimum Gasteiger partial charge on any atom is -0.481 e. The van der Waals surface area contributed by atoms with Crippen LogP contribution in [0.15, 0.2) is 0 Å². The number of hydrogen-bond acceptors (Lipinski definition) is 6. The van der Waals surface area contributed by atoms with Crippen molar-refractivity contribution in [2.24, 2.45) is 5.92 Å². The van der Waals surface area contributed by atoms with Crippen LogP contribution in [-0.2, 0) is 23.9 Å². The zero-order valence-corrected chi connectivity index (χ0v) is 14.1. The van der Waals surface area contributed by atoms with Crippen LogP contribution in [0.2, 0.25) is 0 Å². The number of Topliss-reactive ketones (excluding diaryl/α,β-unsaturated/α-hetero) is 1. The second-order valence-corrected chi connectivity index (χ2v) is 6.12. The fourth-order valence-electron chi connectivity index (χ4n) is 2.03. The van der Waals surface area contributed by atoms with Crippen molar-refractivity contribution in [2.45, 2.75) is 65.2 Å². The van der Waals surface area contributed by atoms with Crippen molar-refractivity contribution >= 4 is 23.6 Å². The fourth-order valence-corrected chi connectivity index (χ4v) is 2.03. The number of rotatable bonds is 9. The number of carboxylic acid groups (broad SMARTS) is 1. The van der Waals surface area contributed by atoms with Gasteiger partial charge in [0, 0.05) is 0 Å². The van der Waals surface area contributed by atoms with E-state index in [9.17, 15) is 24.3 Å². The van der Waals surface area contributed by atoms with Crippen LogP contribution in [0, 0.1) is 5.92 Å². The number of ether oxygens (including phenoxy) is 1. The van der Waals surface area contributed by atoms with Crippen LogP contribution in [0.5, 0.6) is 0 Å². The fraction of sp³-hybridized carbons (Fsp3) is 0.733. The lowest BCUT2D eigenvalue weighted by Gasteiger charge is -2.28. The normalized spacial score (nSPS) is 15.0. The zero-order chi connectivity index (χ0) is 18.4. The minimum atomic E-state index is -2.49. The Morgan fingerprint density at radius 3 is 1.96 bits per heavy atom. The number of nitrogens with one attached hydrogen (secondary N) is 1. The molecule has 23 heavy (non-hydrogen) atoms. The Hall–Kier alpha value is -1.96. The molecule has 0 saturated carbocycles. The van der Waals surface area contributed by atoms with Gasteiger partial charge in [-0.05, 0) is 26.7 Å². The summed E-state index contributed by atoms with van der Waals surface area (Å²) in [4.78, 5) is 46.4. The van der Waals surface area contributed by atoms with Crippen LogP contribution in [0.4, 0.5) is 0 Å². The van der Waals surface area contributed by atoms with Gasteiger partial charge < -0.3 is 20.3 Å². The van der Waals surface area contributed by atoms with Crippen molar-refractivity contribution < 1.29 is 34.1 Å². The highest BCUT2D eigenvalue weighted by molar-refractivity contribution is 5.96. The number of carboxylic acids is 1. The van der Waals surface area contributed by atoms with Crippen LogP contribution in [0.25, 0.3) is 0 Å². The second-order valence-electron chi connectivity index (χ2n) is 6.12. The lowest BCUT2D eigenvalue weighted by atomic mass is 9.92. The molecule has 8 heteroatoms. The van der Waals surface area contributed by atoms with Gasteiger partial charge in [-0.2, -0.15) is 0 Å². The van der Waals surface area contributed by atoms with Crippen molar-refractivity contribution in [1.82, 2.24) is 5.32 Å². The van der Waals surface area contributed by atoms with Crippen molar-refractivity contribution in [3.05, 3.63) is 0 Å². The molecule has 3 N–H and O–H groups in total. The lowest BCUT2D eigenvalue weighted by molar-refractivity contribution is -0.163. The molecule has 1 amide bonds. The van der Waals surface area contributed by atoms with Gasteiger partial charge in [-0.15, -0.1) is 0 Å². The average Bonchev–Trinajstić information content (AvgIpc) is 2.31. The minimum absolute atomic E-state index is 0.256. The van der Waals surface area contributed by atoms with Gasteiger partial charge in [-0.1, -0.05) is 13.8 Å². The molecule has 0 aliphatic carbocycles. The summed E-state index contributed by atoms with van der Waals surface area (Å²) in [6.45, 7) is 7.82. The first-order chi connectivity index (χ1) is 10.4. The number of carbonyl (C=O) groups is 4. The van der Waals surface area contributed by atoms with Gasteiger partial charge in [0.05, 0.1) is 25.0 Å². The van der Waals surface area contributed by atoms with Crippen molar-refractivity contribution in [1.29, 1.82) is 0 Å². The molecule has 0 unspecified atom stereocenters. The predicted molar refractivity (Wildman–Crippen MR) is 80.5 cm³/mol. The van der Waals surface area contributed by atoms with Gasteiger partial charge in [-0.25, -0.2) is 0 Å². The summed E-state index contributed by atoms with van der Waals surface area (Å²) in [7, 11) is 0. The summed E-state index contributed by atoms with van der Waals surface area (Å²) < 4.78 is 4.84. The molecule has 0 aromatic carbocycles.